The number of nitrogens with zero attached hydrogens (tertiary/aromatic N) is 5. The third-order valence-corrected chi connectivity index (χ3v) is 7.57. The van der Waals surface area contributed by atoms with Gasteiger partial charge in [-0.25, -0.2) is 9.78 Å². The second kappa shape index (κ2) is 15.0. The standard InChI is InChI=1S/C26H33ClN6O.C2HF3O2/c1-2-32(21-8-4-3-5-9-21)18-19-12-14-20(15-13-19)26(34)31-33(22-10-6-7-11-22)25-23(27)17-29-24(16-28)30-25;3-2(4,5)1(6)7/h12-15,17,21-22H,2-11,18H2,1H3,(H,31,34);(H,6,7). The molecule has 4 rings (SSSR count). The molecule has 0 bridgehead atoms. The molecule has 1 amide bonds. The molecule has 0 radical (unpaired) electrons. The Kier molecular flexibility index (Phi) is 11.7. The molecule has 1 heterocycles. The summed E-state index contributed by atoms with van der Waals surface area (Å²) in [5.74, 6) is -2.57. The van der Waals surface area contributed by atoms with E-state index in [-0.39, 0.29) is 17.8 Å². The molecule has 1 aromatic heterocycles. The van der Waals surface area contributed by atoms with Crippen molar-refractivity contribution in [3.8, 4) is 6.07 Å². The fraction of sp³-hybridized carbons (Fsp3) is 0.536. The summed E-state index contributed by atoms with van der Waals surface area (Å²) in [6.45, 7) is 4.17. The summed E-state index contributed by atoms with van der Waals surface area (Å²) in [6.07, 6.45) is 6.90. The number of aromatic nitrogens is 2. The first-order chi connectivity index (χ1) is 19.5. The molecular formula is C28H34ClF3N6O3. The molecule has 0 unspecified atom stereocenters. The van der Waals surface area contributed by atoms with E-state index >= 15 is 0 Å². The molecule has 0 saturated heterocycles. The lowest BCUT2D eigenvalue weighted by Gasteiger charge is -2.33. The fourth-order valence-corrected chi connectivity index (χ4v) is 5.36. The lowest BCUT2D eigenvalue weighted by molar-refractivity contribution is -0.192. The minimum Gasteiger partial charge on any atom is -0.475 e. The topological polar surface area (TPSA) is 122 Å². The van der Waals surface area contributed by atoms with Crippen molar-refractivity contribution < 1.29 is 27.9 Å². The molecule has 0 spiro atoms. The van der Waals surface area contributed by atoms with Crippen molar-refractivity contribution in [1.82, 2.24) is 20.3 Å². The highest BCUT2D eigenvalue weighted by Gasteiger charge is 2.38. The van der Waals surface area contributed by atoms with Gasteiger partial charge in [0, 0.05) is 18.2 Å². The van der Waals surface area contributed by atoms with Crippen molar-refractivity contribution >= 4 is 29.3 Å². The number of carboxylic acid groups (broad SMARTS) is 1. The highest BCUT2D eigenvalue weighted by molar-refractivity contribution is 6.32. The molecule has 9 nitrogen and oxygen atoms in total. The normalized spacial score (nSPS) is 16.0. The second-order valence-electron chi connectivity index (χ2n) is 10.1. The number of carbonyl (C=O) groups is 2. The predicted octanol–water partition coefficient (Wildman–Crippen LogP) is 5.88. The fourth-order valence-electron chi connectivity index (χ4n) is 5.18. The number of aliphatic carboxylic acids is 1. The number of nitriles is 1. The van der Waals surface area contributed by atoms with Crippen LogP contribution in [0.15, 0.2) is 30.5 Å². The van der Waals surface area contributed by atoms with Crippen LogP contribution in [0.25, 0.3) is 0 Å². The van der Waals surface area contributed by atoms with E-state index in [2.05, 4.69) is 27.2 Å². The van der Waals surface area contributed by atoms with Crippen LogP contribution in [0.1, 0.15) is 86.5 Å². The maximum absolute atomic E-state index is 13.2. The molecule has 222 valence electrons. The average Bonchev–Trinajstić information content (AvgIpc) is 3.50. The Bertz CT molecular complexity index is 1210. The van der Waals surface area contributed by atoms with Gasteiger partial charge in [-0.05, 0) is 49.9 Å². The van der Waals surface area contributed by atoms with E-state index < -0.39 is 12.1 Å². The van der Waals surface area contributed by atoms with E-state index in [1.54, 1.807) is 5.01 Å². The summed E-state index contributed by atoms with van der Waals surface area (Å²) in [5, 5.41) is 18.4. The van der Waals surface area contributed by atoms with E-state index in [1.165, 1.54) is 43.9 Å². The van der Waals surface area contributed by atoms with Crippen LogP contribution in [-0.2, 0) is 11.3 Å². The number of rotatable bonds is 8. The van der Waals surface area contributed by atoms with Gasteiger partial charge in [-0.2, -0.15) is 23.4 Å². The summed E-state index contributed by atoms with van der Waals surface area (Å²) in [6, 6.07) is 10.6. The number of carboxylic acids is 1. The molecular weight excluding hydrogens is 561 g/mol. The molecule has 13 heteroatoms. The van der Waals surface area contributed by atoms with Crippen molar-refractivity contribution in [3.63, 3.8) is 0 Å². The molecule has 2 aliphatic rings. The Morgan fingerprint density at radius 1 is 1.07 bits per heavy atom. The predicted molar refractivity (Wildman–Crippen MR) is 147 cm³/mol. The van der Waals surface area contributed by atoms with E-state index in [4.69, 9.17) is 21.5 Å². The molecule has 0 aliphatic heterocycles. The first-order valence-corrected chi connectivity index (χ1v) is 14.1. The van der Waals surface area contributed by atoms with Crippen molar-refractivity contribution in [3.05, 3.63) is 52.4 Å². The Balaban J connectivity index is 0.000000587. The quantitative estimate of drug-likeness (QED) is 0.363. The Morgan fingerprint density at radius 2 is 1.63 bits per heavy atom. The van der Waals surface area contributed by atoms with Gasteiger partial charge >= 0.3 is 12.1 Å². The summed E-state index contributed by atoms with van der Waals surface area (Å²) in [5.41, 5.74) is 4.81. The number of hydrogen-bond donors (Lipinski definition) is 2. The van der Waals surface area contributed by atoms with Gasteiger partial charge in [0.25, 0.3) is 5.91 Å². The number of alkyl halides is 3. The zero-order valence-corrected chi connectivity index (χ0v) is 23.6. The van der Waals surface area contributed by atoms with E-state index in [1.807, 2.05) is 30.3 Å². The number of hydrazine groups is 1. The van der Waals surface area contributed by atoms with Crippen molar-refractivity contribution in [2.45, 2.75) is 89.5 Å². The smallest absolute Gasteiger partial charge is 0.475 e. The molecule has 2 aliphatic carbocycles. The van der Waals surface area contributed by atoms with Crippen LogP contribution >= 0.6 is 11.6 Å². The van der Waals surface area contributed by atoms with Gasteiger partial charge < -0.3 is 5.11 Å². The summed E-state index contributed by atoms with van der Waals surface area (Å²) < 4.78 is 31.7. The van der Waals surface area contributed by atoms with Gasteiger partial charge in [0.2, 0.25) is 5.82 Å². The first-order valence-electron chi connectivity index (χ1n) is 13.7. The Morgan fingerprint density at radius 3 is 2.17 bits per heavy atom. The van der Waals surface area contributed by atoms with E-state index in [0.717, 1.165) is 38.8 Å². The van der Waals surface area contributed by atoms with Gasteiger partial charge in [0.15, 0.2) is 5.82 Å². The monoisotopic (exact) mass is 594 g/mol. The summed E-state index contributed by atoms with van der Waals surface area (Å²) >= 11 is 6.37. The van der Waals surface area contributed by atoms with Crippen molar-refractivity contribution in [2.24, 2.45) is 0 Å². The highest BCUT2D eigenvalue weighted by Crippen LogP contribution is 2.30. The maximum Gasteiger partial charge on any atom is 0.490 e. The largest absolute Gasteiger partial charge is 0.490 e. The van der Waals surface area contributed by atoms with Gasteiger partial charge in [-0.15, -0.1) is 0 Å². The minimum atomic E-state index is -5.08. The molecule has 2 N–H and O–H groups in total. The van der Waals surface area contributed by atoms with Crippen LogP contribution in [0, 0.1) is 11.3 Å². The van der Waals surface area contributed by atoms with Gasteiger partial charge in [0.1, 0.15) is 11.1 Å². The van der Waals surface area contributed by atoms with E-state index in [9.17, 15) is 23.2 Å². The zero-order chi connectivity index (χ0) is 30.0. The van der Waals surface area contributed by atoms with Gasteiger partial charge in [-0.1, -0.05) is 62.8 Å². The second-order valence-corrected chi connectivity index (χ2v) is 10.5. The third-order valence-electron chi connectivity index (χ3n) is 7.31. The number of halogens is 4. The number of carbonyl (C=O) groups excluding carboxylic acids is 1. The molecule has 1 aromatic carbocycles. The van der Waals surface area contributed by atoms with Crippen LogP contribution < -0.4 is 10.4 Å². The van der Waals surface area contributed by atoms with Gasteiger partial charge in [-0.3, -0.25) is 20.1 Å². The van der Waals surface area contributed by atoms with Crippen LogP contribution in [-0.4, -0.2) is 56.7 Å². The van der Waals surface area contributed by atoms with Crippen molar-refractivity contribution in [2.75, 3.05) is 11.6 Å². The summed E-state index contributed by atoms with van der Waals surface area (Å²) in [7, 11) is 0. The summed E-state index contributed by atoms with van der Waals surface area (Å²) in [4.78, 5) is 32.8. The number of nitrogens with one attached hydrogen (secondary N) is 1. The third kappa shape index (κ3) is 9.30. The number of benzene rings is 1. The van der Waals surface area contributed by atoms with Gasteiger partial charge in [0.05, 0.1) is 12.2 Å². The Labute approximate surface area is 242 Å². The molecule has 41 heavy (non-hydrogen) atoms. The minimum absolute atomic E-state index is 0.0273. The molecule has 2 saturated carbocycles. The Hall–Kier alpha value is -3.43. The van der Waals surface area contributed by atoms with Crippen LogP contribution in [0.5, 0.6) is 0 Å². The van der Waals surface area contributed by atoms with Crippen LogP contribution in [0.2, 0.25) is 5.02 Å². The zero-order valence-electron chi connectivity index (χ0n) is 22.8. The molecule has 2 fully saturated rings. The van der Waals surface area contributed by atoms with Crippen LogP contribution in [0.3, 0.4) is 0 Å². The van der Waals surface area contributed by atoms with Crippen molar-refractivity contribution in [1.29, 1.82) is 5.26 Å². The first kappa shape index (κ1) is 32.1. The maximum atomic E-state index is 13.2. The SMILES string of the molecule is CCN(Cc1ccc(C(=O)NN(c2nc(C#N)ncc2Cl)C2CCCC2)cc1)C1CCCCC1.O=C(O)C(F)(F)F. The highest BCUT2D eigenvalue weighted by atomic mass is 35.5. The lowest BCUT2D eigenvalue weighted by Crippen LogP contribution is -2.48. The number of hydrogen-bond acceptors (Lipinski definition) is 7. The molecule has 0 atom stereocenters. The lowest BCUT2D eigenvalue weighted by atomic mass is 9.94. The number of anilines is 1. The van der Waals surface area contributed by atoms with E-state index in [0.29, 0.717) is 22.4 Å². The van der Waals surface area contributed by atoms with Crippen LogP contribution in [0.4, 0.5) is 19.0 Å². The number of amides is 1. The average molecular weight is 595 g/mol. The molecule has 2 aromatic rings.